The van der Waals surface area contributed by atoms with E-state index in [-0.39, 0.29) is 5.91 Å². The van der Waals surface area contributed by atoms with Gasteiger partial charge >= 0.3 is 0 Å². The van der Waals surface area contributed by atoms with Gasteiger partial charge in [0.05, 0.1) is 5.56 Å². The molecule has 0 spiro atoms. The Morgan fingerprint density at radius 1 is 1.26 bits per heavy atom. The predicted molar refractivity (Wildman–Crippen MR) is 87.6 cm³/mol. The zero-order chi connectivity index (χ0) is 14.0. The summed E-state index contributed by atoms with van der Waals surface area (Å²) < 4.78 is 0.941. The Morgan fingerprint density at radius 2 is 1.89 bits per heavy atom. The highest BCUT2D eigenvalue weighted by molar-refractivity contribution is 14.1. The summed E-state index contributed by atoms with van der Waals surface area (Å²) in [6.45, 7) is 4.52. The second kappa shape index (κ2) is 6.44. The van der Waals surface area contributed by atoms with E-state index in [4.69, 9.17) is 11.6 Å². The van der Waals surface area contributed by atoms with Gasteiger partial charge in [-0.3, -0.25) is 4.79 Å². The molecule has 0 aliphatic heterocycles. The first-order valence-electron chi connectivity index (χ1n) is 6.71. The van der Waals surface area contributed by atoms with Gasteiger partial charge in [-0.15, -0.1) is 0 Å². The quantitative estimate of drug-likeness (QED) is 0.739. The number of halogens is 2. The Balaban J connectivity index is 2.06. The van der Waals surface area contributed by atoms with Crippen molar-refractivity contribution in [3.63, 3.8) is 0 Å². The number of carbonyl (C=O) groups is 1. The van der Waals surface area contributed by atoms with Crippen molar-refractivity contribution in [3.05, 3.63) is 32.4 Å². The van der Waals surface area contributed by atoms with Crippen molar-refractivity contribution in [1.82, 2.24) is 5.32 Å². The van der Waals surface area contributed by atoms with Crippen molar-refractivity contribution >= 4 is 40.1 Å². The van der Waals surface area contributed by atoms with Crippen molar-refractivity contribution in [1.29, 1.82) is 0 Å². The summed E-state index contributed by atoms with van der Waals surface area (Å²) in [7, 11) is 0. The van der Waals surface area contributed by atoms with Gasteiger partial charge in [0, 0.05) is 14.6 Å². The highest BCUT2D eigenvalue weighted by atomic mass is 127. The highest BCUT2D eigenvalue weighted by Gasteiger charge is 2.25. The average Bonchev–Trinajstić information content (AvgIpc) is 2.30. The minimum absolute atomic E-state index is 0.00167. The fourth-order valence-corrected chi connectivity index (χ4v) is 3.75. The molecule has 19 heavy (non-hydrogen) atoms. The van der Waals surface area contributed by atoms with Gasteiger partial charge in [-0.25, -0.2) is 0 Å². The minimum Gasteiger partial charge on any atom is -0.349 e. The normalized spacial score (nSPS) is 27.1. The van der Waals surface area contributed by atoms with Crippen molar-refractivity contribution in [2.75, 3.05) is 0 Å². The monoisotopic (exact) mass is 391 g/mol. The van der Waals surface area contributed by atoms with Crippen LogP contribution in [-0.2, 0) is 0 Å². The molecular formula is C15H19ClINO. The first-order valence-corrected chi connectivity index (χ1v) is 8.17. The van der Waals surface area contributed by atoms with E-state index >= 15 is 0 Å². The van der Waals surface area contributed by atoms with Crippen LogP contribution in [0.25, 0.3) is 0 Å². The molecule has 104 valence electrons. The van der Waals surface area contributed by atoms with Gasteiger partial charge in [-0.05, 0) is 71.9 Å². The molecule has 0 heterocycles. The van der Waals surface area contributed by atoms with Crippen LogP contribution in [0.1, 0.15) is 43.5 Å². The molecule has 2 nitrogen and oxygen atoms in total. The third-order valence-corrected chi connectivity index (χ3v) is 4.86. The summed E-state index contributed by atoms with van der Waals surface area (Å²) in [5.74, 6) is 1.37. The first-order chi connectivity index (χ1) is 8.95. The molecule has 0 bridgehead atoms. The third-order valence-electron chi connectivity index (χ3n) is 3.69. The molecule has 1 saturated carbocycles. The SMILES string of the molecule is CC1CC(C)CC(NC(=O)c2cc(Cl)ccc2I)C1. The molecule has 1 N–H and O–H groups in total. The second-order valence-corrected chi connectivity index (χ2v) is 7.31. The number of hydrogen-bond donors (Lipinski definition) is 1. The smallest absolute Gasteiger partial charge is 0.252 e. The Hall–Kier alpha value is -0.290. The van der Waals surface area contributed by atoms with Crippen molar-refractivity contribution < 1.29 is 4.79 Å². The molecule has 0 aromatic heterocycles. The fourth-order valence-electron chi connectivity index (χ4n) is 3.00. The molecule has 1 aromatic rings. The number of benzene rings is 1. The van der Waals surface area contributed by atoms with Gasteiger partial charge in [0.15, 0.2) is 0 Å². The molecule has 1 amide bonds. The number of hydrogen-bond acceptors (Lipinski definition) is 1. The average molecular weight is 392 g/mol. The second-order valence-electron chi connectivity index (χ2n) is 5.71. The topological polar surface area (TPSA) is 29.1 Å². The first kappa shape index (κ1) is 15.1. The number of amides is 1. The van der Waals surface area contributed by atoms with Crippen LogP contribution in [0.2, 0.25) is 5.02 Å². The summed E-state index contributed by atoms with van der Waals surface area (Å²) in [6.07, 6.45) is 3.42. The lowest BCUT2D eigenvalue weighted by molar-refractivity contribution is 0.0910. The molecular weight excluding hydrogens is 373 g/mol. The molecule has 1 aliphatic carbocycles. The summed E-state index contributed by atoms with van der Waals surface area (Å²) in [5, 5.41) is 3.77. The largest absolute Gasteiger partial charge is 0.349 e. The van der Waals surface area contributed by atoms with Gasteiger partial charge in [0.1, 0.15) is 0 Å². The Kier molecular flexibility index (Phi) is 5.12. The molecule has 1 aliphatic rings. The minimum atomic E-state index is -0.00167. The standard InChI is InChI=1S/C15H19ClINO/c1-9-5-10(2)7-12(6-9)18-15(19)13-8-11(16)3-4-14(13)17/h3-4,8-10,12H,5-7H2,1-2H3,(H,18,19). The van der Waals surface area contributed by atoms with Gasteiger partial charge in [0.25, 0.3) is 5.91 Å². The number of rotatable bonds is 2. The van der Waals surface area contributed by atoms with Crippen LogP contribution in [-0.4, -0.2) is 11.9 Å². The Labute approximate surface area is 133 Å². The zero-order valence-electron chi connectivity index (χ0n) is 11.2. The highest BCUT2D eigenvalue weighted by Crippen LogP contribution is 2.29. The van der Waals surface area contributed by atoms with Crippen LogP contribution in [0.4, 0.5) is 0 Å². The van der Waals surface area contributed by atoms with Crippen molar-refractivity contribution in [2.45, 2.75) is 39.2 Å². The molecule has 1 aromatic carbocycles. The van der Waals surface area contributed by atoms with Gasteiger partial charge in [0.2, 0.25) is 0 Å². The lowest BCUT2D eigenvalue weighted by Gasteiger charge is -2.32. The third kappa shape index (κ3) is 4.09. The van der Waals surface area contributed by atoms with E-state index in [0.29, 0.717) is 28.5 Å². The zero-order valence-corrected chi connectivity index (χ0v) is 14.2. The van der Waals surface area contributed by atoms with Crippen LogP contribution in [0.5, 0.6) is 0 Å². The molecule has 2 atom stereocenters. The van der Waals surface area contributed by atoms with E-state index < -0.39 is 0 Å². The summed E-state index contributed by atoms with van der Waals surface area (Å²) in [4.78, 5) is 12.3. The van der Waals surface area contributed by atoms with Crippen LogP contribution in [0.3, 0.4) is 0 Å². The van der Waals surface area contributed by atoms with E-state index in [1.807, 2.05) is 12.1 Å². The molecule has 1 fully saturated rings. The summed E-state index contributed by atoms with van der Waals surface area (Å²) in [5.41, 5.74) is 0.680. The maximum atomic E-state index is 12.3. The van der Waals surface area contributed by atoms with E-state index in [1.165, 1.54) is 6.42 Å². The van der Waals surface area contributed by atoms with Crippen LogP contribution >= 0.6 is 34.2 Å². The molecule has 4 heteroatoms. The van der Waals surface area contributed by atoms with Crippen LogP contribution < -0.4 is 5.32 Å². The van der Waals surface area contributed by atoms with Crippen molar-refractivity contribution in [3.8, 4) is 0 Å². The number of carbonyl (C=O) groups excluding carboxylic acids is 1. The van der Waals surface area contributed by atoms with E-state index in [1.54, 1.807) is 6.07 Å². The van der Waals surface area contributed by atoms with Gasteiger partial charge in [-0.1, -0.05) is 25.4 Å². The fraction of sp³-hybridized carbons (Fsp3) is 0.533. The molecule has 0 saturated heterocycles. The molecule has 2 unspecified atom stereocenters. The maximum absolute atomic E-state index is 12.3. The summed E-state index contributed by atoms with van der Waals surface area (Å²) >= 11 is 8.14. The molecule has 2 rings (SSSR count). The van der Waals surface area contributed by atoms with E-state index in [9.17, 15) is 4.79 Å². The lowest BCUT2D eigenvalue weighted by Crippen LogP contribution is -2.40. The Bertz CT molecular complexity index is 467. The predicted octanol–water partition coefficient (Wildman–Crippen LogP) is 4.50. The van der Waals surface area contributed by atoms with Gasteiger partial charge in [-0.2, -0.15) is 0 Å². The van der Waals surface area contributed by atoms with E-state index in [2.05, 4.69) is 41.8 Å². The number of nitrogens with one attached hydrogen (secondary N) is 1. The van der Waals surface area contributed by atoms with Crippen molar-refractivity contribution in [2.24, 2.45) is 11.8 Å². The Morgan fingerprint density at radius 3 is 2.53 bits per heavy atom. The lowest BCUT2D eigenvalue weighted by atomic mass is 9.80. The van der Waals surface area contributed by atoms with Crippen LogP contribution in [0.15, 0.2) is 18.2 Å². The van der Waals surface area contributed by atoms with E-state index in [0.717, 1.165) is 16.4 Å². The van der Waals surface area contributed by atoms with Gasteiger partial charge < -0.3 is 5.32 Å². The molecule has 0 radical (unpaired) electrons. The van der Waals surface area contributed by atoms with Crippen LogP contribution in [0, 0.1) is 15.4 Å². The maximum Gasteiger partial charge on any atom is 0.252 e. The summed E-state index contributed by atoms with van der Waals surface area (Å²) in [6, 6.07) is 5.73.